The molecule has 0 aliphatic carbocycles. The van der Waals surface area contributed by atoms with Gasteiger partial charge in [0.1, 0.15) is 0 Å². The molecule has 2 aromatic rings. The number of rotatable bonds is 1. The van der Waals surface area contributed by atoms with E-state index in [1.165, 1.54) is 0 Å². The van der Waals surface area contributed by atoms with Crippen molar-refractivity contribution >= 4 is 22.3 Å². The third kappa shape index (κ3) is 1.65. The van der Waals surface area contributed by atoms with E-state index in [-0.39, 0.29) is 5.56 Å². The van der Waals surface area contributed by atoms with Crippen LogP contribution in [0.3, 0.4) is 0 Å². The molecule has 1 aromatic heterocycles. The first-order chi connectivity index (χ1) is 8.66. The number of nitrogens with one attached hydrogen (secondary N) is 2. The van der Waals surface area contributed by atoms with Gasteiger partial charge in [0.25, 0.3) is 5.56 Å². The van der Waals surface area contributed by atoms with Gasteiger partial charge in [0, 0.05) is 37.3 Å². The molecule has 0 saturated heterocycles. The van der Waals surface area contributed by atoms with Crippen LogP contribution < -0.4 is 15.8 Å². The van der Waals surface area contributed by atoms with E-state index in [9.17, 15) is 4.79 Å². The van der Waals surface area contributed by atoms with Gasteiger partial charge >= 0.3 is 0 Å². The molecule has 18 heavy (non-hydrogen) atoms. The van der Waals surface area contributed by atoms with Gasteiger partial charge in [0.15, 0.2) is 0 Å². The minimum absolute atomic E-state index is 0.0422. The Hall–Kier alpha value is -1.97. The predicted octanol–water partition coefficient (Wildman–Crippen LogP) is 1.95. The molecule has 4 heteroatoms. The predicted molar refractivity (Wildman–Crippen MR) is 75.7 cm³/mol. The van der Waals surface area contributed by atoms with Gasteiger partial charge in [-0.25, -0.2) is 0 Å². The fourth-order valence-electron chi connectivity index (χ4n) is 2.52. The summed E-state index contributed by atoms with van der Waals surface area (Å²) in [5, 5.41) is 4.47. The van der Waals surface area contributed by atoms with Crippen molar-refractivity contribution in [2.75, 3.05) is 30.9 Å². The van der Waals surface area contributed by atoms with Gasteiger partial charge in [-0.1, -0.05) is 0 Å². The molecule has 0 fully saturated rings. The molecule has 0 atom stereocenters. The molecule has 0 spiro atoms. The molecule has 2 N–H and O–H groups in total. The maximum Gasteiger partial charge on any atom is 0.253 e. The van der Waals surface area contributed by atoms with Crippen LogP contribution in [-0.2, 0) is 6.42 Å². The fourth-order valence-corrected chi connectivity index (χ4v) is 2.52. The Bertz CT molecular complexity index is 658. The normalized spacial score (nSPS) is 14.1. The number of nitrogens with zero attached hydrogens (tertiary/aromatic N) is 1. The number of hydrogen-bond donors (Lipinski definition) is 2. The summed E-state index contributed by atoms with van der Waals surface area (Å²) >= 11 is 0. The first-order valence-electron chi connectivity index (χ1n) is 6.27. The third-order valence-electron chi connectivity index (χ3n) is 3.52. The van der Waals surface area contributed by atoms with E-state index < -0.39 is 0 Å². The van der Waals surface area contributed by atoms with Crippen molar-refractivity contribution in [2.24, 2.45) is 0 Å². The van der Waals surface area contributed by atoms with Crippen LogP contribution in [0.1, 0.15) is 12.0 Å². The molecule has 0 radical (unpaired) electrons. The highest BCUT2D eigenvalue weighted by Crippen LogP contribution is 2.29. The Morgan fingerprint density at radius 1 is 1.28 bits per heavy atom. The lowest BCUT2D eigenvalue weighted by atomic mass is 10.0. The Labute approximate surface area is 106 Å². The van der Waals surface area contributed by atoms with Crippen LogP contribution in [-0.4, -0.2) is 25.6 Å². The van der Waals surface area contributed by atoms with Crippen LogP contribution in [0.4, 0.5) is 11.4 Å². The minimum atomic E-state index is 0.0422. The zero-order valence-electron chi connectivity index (χ0n) is 10.7. The van der Waals surface area contributed by atoms with Gasteiger partial charge in [-0.3, -0.25) is 4.79 Å². The molecule has 0 saturated carbocycles. The maximum atomic E-state index is 12.0. The molecule has 3 rings (SSSR count). The van der Waals surface area contributed by atoms with Gasteiger partial charge < -0.3 is 15.2 Å². The molecule has 1 aliphatic heterocycles. The van der Waals surface area contributed by atoms with Gasteiger partial charge in [-0.05, 0) is 31.0 Å². The highest BCUT2D eigenvalue weighted by Gasteiger charge is 2.16. The second-order valence-electron chi connectivity index (χ2n) is 4.96. The zero-order chi connectivity index (χ0) is 12.7. The van der Waals surface area contributed by atoms with E-state index >= 15 is 0 Å². The van der Waals surface area contributed by atoms with Crippen molar-refractivity contribution in [3.05, 3.63) is 34.1 Å². The first kappa shape index (κ1) is 11.1. The molecule has 1 aliphatic rings. The summed E-state index contributed by atoms with van der Waals surface area (Å²) in [7, 11) is 3.99. The minimum Gasteiger partial charge on any atom is -0.384 e. The van der Waals surface area contributed by atoms with Crippen molar-refractivity contribution in [3.63, 3.8) is 0 Å². The quantitative estimate of drug-likeness (QED) is 0.805. The summed E-state index contributed by atoms with van der Waals surface area (Å²) in [6.07, 6.45) is 1.89. The molecule has 94 valence electrons. The lowest BCUT2D eigenvalue weighted by Gasteiger charge is -2.20. The molecule has 0 unspecified atom stereocenters. The Kier molecular flexibility index (Phi) is 2.51. The second-order valence-corrected chi connectivity index (χ2v) is 4.96. The number of pyridine rings is 1. The Balaban J connectivity index is 2.30. The van der Waals surface area contributed by atoms with Crippen molar-refractivity contribution in [1.29, 1.82) is 0 Å². The lowest BCUT2D eigenvalue weighted by Crippen LogP contribution is -2.22. The lowest BCUT2D eigenvalue weighted by molar-refractivity contribution is 0.820. The fraction of sp³-hybridized carbons (Fsp3) is 0.357. The van der Waals surface area contributed by atoms with Crippen LogP contribution in [0, 0.1) is 0 Å². The number of aromatic amines is 1. The summed E-state index contributed by atoms with van der Waals surface area (Å²) in [5.41, 5.74) is 3.95. The number of benzene rings is 1. The second kappa shape index (κ2) is 4.05. The van der Waals surface area contributed by atoms with Crippen molar-refractivity contribution in [2.45, 2.75) is 12.8 Å². The molecular weight excluding hydrogens is 226 g/mol. The van der Waals surface area contributed by atoms with Gasteiger partial charge in [0.05, 0.1) is 11.2 Å². The van der Waals surface area contributed by atoms with E-state index in [2.05, 4.69) is 22.4 Å². The van der Waals surface area contributed by atoms with Gasteiger partial charge in [-0.2, -0.15) is 0 Å². The van der Waals surface area contributed by atoms with Crippen LogP contribution in [0.2, 0.25) is 0 Å². The smallest absolute Gasteiger partial charge is 0.253 e. The topological polar surface area (TPSA) is 48.1 Å². The molecule has 1 aromatic carbocycles. The molecular formula is C14H17N3O. The van der Waals surface area contributed by atoms with E-state index in [1.54, 1.807) is 0 Å². The zero-order valence-corrected chi connectivity index (χ0v) is 10.7. The number of H-pyrrole nitrogens is 1. The van der Waals surface area contributed by atoms with Crippen LogP contribution in [0.15, 0.2) is 23.0 Å². The van der Waals surface area contributed by atoms with E-state index in [0.717, 1.165) is 47.2 Å². The Morgan fingerprint density at radius 2 is 2.11 bits per heavy atom. The summed E-state index contributed by atoms with van der Waals surface area (Å²) < 4.78 is 0. The summed E-state index contributed by atoms with van der Waals surface area (Å²) in [4.78, 5) is 17.1. The molecule has 2 heterocycles. The van der Waals surface area contributed by atoms with Crippen molar-refractivity contribution in [1.82, 2.24) is 4.98 Å². The van der Waals surface area contributed by atoms with Gasteiger partial charge in [-0.15, -0.1) is 0 Å². The van der Waals surface area contributed by atoms with E-state index in [4.69, 9.17) is 0 Å². The average Bonchev–Trinajstić information content (AvgIpc) is 2.38. The molecule has 0 amide bonds. The largest absolute Gasteiger partial charge is 0.384 e. The van der Waals surface area contributed by atoms with Crippen molar-refractivity contribution < 1.29 is 0 Å². The average molecular weight is 243 g/mol. The molecule has 0 bridgehead atoms. The standard InChI is InChI=1S/C14H17N3O/c1-17(2)9-5-6-10-12(8-9)16-14(18)11-4-3-7-15-13(10)11/h5-6,8,15H,3-4,7H2,1-2H3,(H,16,18). The summed E-state index contributed by atoms with van der Waals surface area (Å²) in [6.45, 7) is 0.945. The first-order valence-corrected chi connectivity index (χ1v) is 6.27. The van der Waals surface area contributed by atoms with Crippen LogP contribution in [0.5, 0.6) is 0 Å². The summed E-state index contributed by atoms with van der Waals surface area (Å²) in [5.74, 6) is 0. The molecule has 4 nitrogen and oxygen atoms in total. The van der Waals surface area contributed by atoms with E-state index in [0.29, 0.717) is 0 Å². The number of fused-ring (bicyclic) bond motifs is 3. The SMILES string of the molecule is CN(C)c1ccc2c3c(c(=O)[nH]c2c1)CCCN3. The Morgan fingerprint density at radius 3 is 2.89 bits per heavy atom. The number of anilines is 2. The highest BCUT2D eigenvalue weighted by molar-refractivity contribution is 5.94. The van der Waals surface area contributed by atoms with Crippen LogP contribution >= 0.6 is 0 Å². The van der Waals surface area contributed by atoms with E-state index in [1.807, 2.05) is 25.1 Å². The maximum absolute atomic E-state index is 12.0. The van der Waals surface area contributed by atoms with Gasteiger partial charge in [0.2, 0.25) is 0 Å². The third-order valence-corrected chi connectivity index (χ3v) is 3.52. The summed E-state index contributed by atoms with van der Waals surface area (Å²) in [6, 6.07) is 6.18. The number of aromatic nitrogens is 1. The van der Waals surface area contributed by atoms with Crippen LogP contribution in [0.25, 0.3) is 10.9 Å². The number of hydrogen-bond acceptors (Lipinski definition) is 3. The van der Waals surface area contributed by atoms with Crippen molar-refractivity contribution in [3.8, 4) is 0 Å². The monoisotopic (exact) mass is 243 g/mol. The highest BCUT2D eigenvalue weighted by atomic mass is 16.1.